The number of aromatic nitrogens is 1. The Bertz CT molecular complexity index is 724. The standard InChI is InChI=1S/C17H22N2O2.C2H2O4/c1-4-19(12-14-8-10-18-11-9-14)13-15-6-5-7-16(20-2)17(15)21-3;3-1(4)2(5)6/h5-11H,4,12-13H2,1-3H3;(H,3,4)(H,5,6). The first kappa shape index (κ1) is 21.9. The van der Waals surface area contributed by atoms with E-state index in [2.05, 4.69) is 22.9 Å². The van der Waals surface area contributed by atoms with Gasteiger partial charge in [0.15, 0.2) is 11.5 Å². The molecule has 1 aromatic carbocycles. The van der Waals surface area contributed by atoms with Gasteiger partial charge in [-0.25, -0.2) is 9.59 Å². The smallest absolute Gasteiger partial charge is 0.414 e. The van der Waals surface area contributed by atoms with E-state index in [1.165, 1.54) is 5.56 Å². The second-order valence-electron chi connectivity index (χ2n) is 5.42. The van der Waals surface area contributed by atoms with Gasteiger partial charge in [0.1, 0.15) is 0 Å². The third kappa shape index (κ3) is 7.33. The van der Waals surface area contributed by atoms with Crippen LogP contribution in [0.2, 0.25) is 0 Å². The fraction of sp³-hybridized carbons (Fsp3) is 0.316. The zero-order valence-electron chi connectivity index (χ0n) is 15.6. The SMILES string of the molecule is CCN(Cc1ccncc1)Cc1cccc(OC)c1OC.O=C(O)C(=O)O. The van der Waals surface area contributed by atoms with Crippen molar-refractivity contribution < 1.29 is 29.3 Å². The van der Waals surface area contributed by atoms with E-state index in [9.17, 15) is 0 Å². The molecule has 0 aliphatic heterocycles. The Morgan fingerprint density at radius 1 is 1.00 bits per heavy atom. The second kappa shape index (κ2) is 11.5. The van der Waals surface area contributed by atoms with Gasteiger partial charge in [0, 0.05) is 31.0 Å². The molecule has 0 unspecified atom stereocenters. The number of carbonyl (C=O) groups is 2. The van der Waals surface area contributed by atoms with Gasteiger partial charge in [-0.3, -0.25) is 9.88 Å². The highest BCUT2D eigenvalue weighted by molar-refractivity contribution is 6.27. The zero-order valence-corrected chi connectivity index (χ0v) is 15.6. The first-order chi connectivity index (χ1) is 12.9. The lowest BCUT2D eigenvalue weighted by molar-refractivity contribution is -0.159. The first-order valence-electron chi connectivity index (χ1n) is 8.20. The van der Waals surface area contributed by atoms with Crippen LogP contribution in [0.5, 0.6) is 11.5 Å². The number of aliphatic carboxylic acids is 2. The molecule has 0 radical (unpaired) electrons. The van der Waals surface area contributed by atoms with Crippen molar-refractivity contribution in [2.24, 2.45) is 0 Å². The highest BCUT2D eigenvalue weighted by Crippen LogP contribution is 2.31. The van der Waals surface area contributed by atoms with E-state index >= 15 is 0 Å². The molecule has 27 heavy (non-hydrogen) atoms. The number of nitrogens with zero attached hydrogens (tertiary/aromatic N) is 2. The molecule has 146 valence electrons. The van der Waals surface area contributed by atoms with Crippen LogP contribution in [0.4, 0.5) is 0 Å². The van der Waals surface area contributed by atoms with Crippen molar-refractivity contribution in [3.63, 3.8) is 0 Å². The summed E-state index contributed by atoms with van der Waals surface area (Å²) in [5.41, 5.74) is 2.39. The van der Waals surface area contributed by atoms with E-state index in [4.69, 9.17) is 29.3 Å². The molecule has 8 nitrogen and oxygen atoms in total. The molecule has 2 rings (SSSR count). The van der Waals surface area contributed by atoms with Gasteiger partial charge in [-0.05, 0) is 30.3 Å². The molecule has 0 saturated carbocycles. The summed E-state index contributed by atoms with van der Waals surface area (Å²) in [5.74, 6) is -2.06. The number of benzene rings is 1. The van der Waals surface area contributed by atoms with Crippen molar-refractivity contribution in [1.82, 2.24) is 9.88 Å². The van der Waals surface area contributed by atoms with Crippen molar-refractivity contribution in [3.8, 4) is 11.5 Å². The lowest BCUT2D eigenvalue weighted by Gasteiger charge is -2.22. The maximum absolute atomic E-state index is 9.10. The Labute approximate surface area is 158 Å². The van der Waals surface area contributed by atoms with E-state index in [0.717, 1.165) is 36.7 Å². The molecular weight excluding hydrogens is 352 g/mol. The van der Waals surface area contributed by atoms with Gasteiger partial charge in [0.05, 0.1) is 14.2 Å². The summed E-state index contributed by atoms with van der Waals surface area (Å²) in [5, 5.41) is 14.8. The minimum absolute atomic E-state index is 0.773. The van der Waals surface area contributed by atoms with Crippen LogP contribution >= 0.6 is 0 Å². The van der Waals surface area contributed by atoms with Gasteiger partial charge in [-0.1, -0.05) is 19.1 Å². The average Bonchev–Trinajstić information content (AvgIpc) is 2.68. The van der Waals surface area contributed by atoms with Gasteiger partial charge in [-0.2, -0.15) is 0 Å². The minimum Gasteiger partial charge on any atom is -0.493 e. The highest BCUT2D eigenvalue weighted by Gasteiger charge is 2.13. The molecule has 0 atom stereocenters. The average molecular weight is 376 g/mol. The normalized spacial score (nSPS) is 9.93. The molecule has 0 bridgehead atoms. The van der Waals surface area contributed by atoms with Crippen molar-refractivity contribution >= 4 is 11.9 Å². The van der Waals surface area contributed by atoms with Gasteiger partial charge >= 0.3 is 11.9 Å². The van der Waals surface area contributed by atoms with E-state index in [1.807, 2.05) is 36.7 Å². The molecule has 2 aromatic rings. The van der Waals surface area contributed by atoms with Crippen molar-refractivity contribution in [3.05, 3.63) is 53.9 Å². The molecule has 1 aromatic heterocycles. The summed E-state index contributed by atoms with van der Waals surface area (Å²) in [6, 6.07) is 10.1. The molecule has 0 saturated heterocycles. The van der Waals surface area contributed by atoms with Crippen LogP contribution in [-0.4, -0.2) is 52.8 Å². The minimum atomic E-state index is -1.82. The molecular formula is C19H24N2O6. The van der Waals surface area contributed by atoms with Gasteiger partial charge in [0.2, 0.25) is 0 Å². The maximum Gasteiger partial charge on any atom is 0.414 e. The molecule has 8 heteroatoms. The number of hydrogen-bond acceptors (Lipinski definition) is 6. The van der Waals surface area contributed by atoms with Crippen LogP contribution in [0.3, 0.4) is 0 Å². The lowest BCUT2D eigenvalue weighted by atomic mass is 10.1. The molecule has 0 fully saturated rings. The fourth-order valence-corrected chi connectivity index (χ4v) is 2.35. The third-order valence-corrected chi connectivity index (χ3v) is 3.66. The molecule has 1 heterocycles. The Morgan fingerprint density at radius 3 is 2.11 bits per heavy atom. The number of carboxylic acid groups (broad SMARTS) is 2. The number of carboxylic acids is 2. The molecule has 2 N–H and O–H groups in total. The van der Waals surface area contributed by atoms with E-state index in [1.54, 1.807) is 14.2 Å². The van der Waals surface area contributed by atoms with Crippen LogP contribution in [0.25, 0.3) is 0 Å². The largest absolute Gasteiger partial charge is 0.493 e. The number of methoxy groups -OCH3 is 2. The lowest BCUT2D eigenvalue weighted by Crippen LogP contribution is -2.22. The van der Waals surface area contributed by atoms with E-state index in [0.29, 0.717) is 0 Å². The Hall–Kier alpha value is -3.13. The van der Waals surface area contributed by atoms with Crippen molar-refractivity contribution in [2.75, 3.05) is 20.8 Å². The molecule has 0 aliphatic rings. The summed E-state index contributed by atoms with van der Waals surface area (Å²) in [7, 11) is 3.34. The van der Waals surface area contributed by atoms with E-state index in [-0.39, 0.29) is 0 Å². The summed E-state index contributed by atoms with van der Waals surface area (Å²) in [4.78, 5) is 24.6. The monoisotopic (exact) mass is 376 g/mol. The fourth-order valence-electron chi connectivity index (χ4n) is 2.35. The number of pyridine rings is 1. The Morgan fingerprint density at radius 2 is 1.63 bits per heavy atom. The van der Waals surface area contributed by atoms with Crippen molar-refractivity contribution in [1.29, 1.82) is 0 Å². The predicted octanol–water partition coefficient (Wildman–Crippen LogP) is 2.28. The summed E-state index contributed by atoms with van der Waals surface area (Å²) in [6.07, 6.45) is 3.66. The zero-order chi connectivity index (χ0) is 20.2. The van der Waals surface area contributed by atoms with Gasteiger partial charge < -0.3 is 19.7 Å². The third-order valence-electron chi connectivity index (χ3n) is 3.66. The first-order valence-corrected chi connectivity index (χ1v) is 8.20. The summed E-state index contributed by atoms with van der Waals surface area (Å²) in [6.45, 7) is 4.83. The predicted molar refractivity (Wildman–Crippen MR) is 98.8 cm³/mol. The van der Waals surface area contributed by atoms with Crippen LogP contribution in [0, 0.1) is 0 Å². The number of rotatable bonds is 7. The highest BCUT2D eigenvalue weighted by atomic mass is 16.5. The maximum atomic E-state index is 9.10. The number of ether oxygens (including phenoxy) is 2. The van der Waals surface area contributed by atoms with Crippen molar-refractivity contribution in [2.45, 2.75) is 20.0 Å². The van der Waals surface area contributed by atoms with Crippen LogP contribution in [0.1, 0.15) is 18.1 Å². The van der Waals surface area contributed by atoms with Crippen LogP contribution in [-0.2, 0) is 22.7 Å². The Balaban J connectivity index is 0.000000527. The summed E-state index contributed by atoms with van der Waals surface area (Å²) < 4.78 is 10.9. The Kier molecular flexibility index (Phi) is 9.32. The summed E-state index contributed by atoms with van der Waals surface area (Å²) >= 11 is 0. The molecule has 0 aliphatic carbocycles. The van der Waals surface area contributed by atoms with Crippen LogP contribution in [0.15, 0.2) is 42.7 Å². The molecule has 0 spiro atoms. The van der Waals surface area contributed by atoms with Gasteiger partial charge in [-0.15, -0.1) is 0 Å². The quantitative estimate of drug-likeness (QED) is 0.709. The number of para-hydroxylation sites is 1. The van der Waals surface area contributed by atoms with E-state index < -0.39 is 11.9 Å². The molecule has 0 amide bonds. The topological polar surface area (TPSA) is 109 Å². The van der Waals surface area contributed by atoms with Gasteiger partial charge in [0.25, 0.3) is 0 Å². The second-order valence-corrected chi connectivity index (χ2v) is 5.42. The number of hydrogen-bond donors (Lipinski definition) is 2. The van der Waals surface area contributed by atoms with Crippen LogP contribution < -0.4 is 9.47 Å².